The van der Waals surface area contributed by atoms with Crippen molar-refractivity contribution in [3.63, 3.8) is 0 Å². The quantitative estimate of drug-likeness (QED) is 0.0907. The maximum atomic E-state index is 12.9. The third-order valence-electron chi connectivity index (χ3n) is 5.59. The van der Waals surface area contributed by atoms with E-state index >= 15 is 0 Å². The van der Waals surface area contributed by atoms with Crippen LogP contribution >= 0.6 is 12.6 Å². The van der Waals surface area contributed by atoms with Gasteiger partial charge in [0.15, 0.2) is 0 Å². The van der Waals surface area contributed by atoms with E-state index < -0.39 is 47.9 Å². The molecule has 202 valence electrons. The maximum Gasteiger partial charge on any atom is 0.326 e. The minimum atomic E-state index is -1.17. The van der Waals surface area contributed by atoms with Crippen LogP contribution in [0.4, 0.5) is 0 Å². The molecular weight excluding hydrogens is 484 g/mol. The van der Waals surface area contributed by atoms with Crippen LogP contribution in [0.3, 0.4) is 0 Å². The lowest BCUT2D eigenvalue weighted by atomic mass is 10.0. The third-order valence-corrected chi connectivity index (χ3v) is 5.96. The standard InChI is InChI=1S/C24H40N6O5S/c25-12-6-4-10-18(22(32)29-19(24(34)35)11-5-7-13-26)28-23(33)20(15-36)30-21(31)17(27)14-16-8-2-1-3-9-16/h1-3,8-9,17-20,36H,4-7,10-15,25-27H2,(H,28,33)(H,29,32)(H,30,31)(H,34,35). The Labute approximate surface area is 217 Å². The van der Waals surface area contributed by atoms with Gasteiger partial charge in [0, 0.05) is 5.75 Å². The monoisotopic (exact) mass is 524 g/mol. The highest BCUT2D eigenvalue weighted by molar-refractivity contribution is 7.80. The zero-order valence-electron chi connectivity index (χ0n) is 20.5. The summed E-state index contributed by atoms with van der Waals surface area (Å²) in [6, 6.07) is 5.21. The Balaban J connectivity index is 2.81. The van der Waals surface area contributed by atoms with Gasteiger partial charge in [-0.3, -0.25) is 14.4 Å². The molecule has 0 bridgehead atoms. The molecule has 10 N–H and O–H groups in total. The van der Waals surface area contributed by atoms with Crippen molar-refractivity contribution in [1.29, 1.82) is 0 Å². The van der Waals surface area contributed by atoms with E-state index in [0.717, 1.165) is 5.56 Å². The molecule has 1 aromatic rings. The highest BCUT2D eigenvalue weighted by atomic mass is 32.1. The molecule has 4 atom stereocenters. The van der Waals surface area contributed by atoms with Crippen molar-refractivity contribution in [2.45, 2.75) is 69.1 Å². The molecule has 1 aromatic carbocycles. The van der Waals surface area contributed by atoms with E-state index in [-0.39, 0.29) is 18.6 Å². The van der Waals surface area contributed by atoms with Gasteiger partial charge in [0.2, 0.25) is 17.7 Å². The zero-order chi connectivity index (χ0) is 26.9. The lowest BCUT2D eigenvalue weighted by Crippen LogP contribution is -2.57. The van der Waals surface area contributed by atoms with Crippen molar-refractivity contribution in [3.8, 4) is 0 Å². The number of benzene rings is 1. The van der Waals surface area contributed by atoms with E-state index in [1.54, 1.807) is 0 Å². The molecule has 1 rings (SSSR count). The van der Waals surface area contributed by atoms with Crippen LogP contribution in [0.2, 0.25) is 0 Å². The van der Waals surface area contributed by atoms with E-state index in [1.165, 1.54) is 0 Å². The highest BCUT2D eigenvalue weighted by Crippen LogP contribution is 2.07. The molecule has 4 unspecified atom stereocenters. The van der Waals surface area contributed by atoms with Gasteiger partial charge in [-0.2, -0.15) is 12.6 Å². The molecule has 0 radical (unpaired) electrons. The first-order valence-corrected chi connectivity index (χ1v) is 12.8. The Hall–Kier alpha value is -2.67. The molecule has 12 heteroatoms. The smallest absolute Gasteiger partial charge is 0.326 e. The normalized spacial score (nSPS) is 14.2. The molecular formula is C24H40N6O5S. The van der Waals surface area contributed by atoms with Gasteiger partial charge in [0.05, 0.1) is 6.04 Å². The Kier molecular flexibility index (Phi) is 15.4. The number of amides is 3. The number of carboxylic acid groups (broad SMARTS) is 1. The Morgan fingerprint density at radius 1 is 0.778 bits per heavy atom. The summed E-state index contributed by atoms with van der Waals surface area (Å²) >= 11 is 4.17. The van der Waals surface area contributed by atoms with Crippen molar-refractivity contribution in [2.75, 3.05) is 18.8 Å². The summed E-state index contributed by atoms with van der Waals surface area (Å²) in [6.45, 7) is 0.831. The van der Waals surface area contributed by atoms with Gasteiger partial charge in [-0.15, -0.1) is 0 Å². The fourth-order valence-electron chi connectivity index (χ4n) is 3.49. The van der Waals surface area contributed by atoms with E-state index in [2.05, 4.69) is 28.6 Å². The van der Waals surface area contributed by atoms with Gasteiger partial charge >= 0.3 is 5.97 Å². The minimum absolute atomic E-state index is 0.0242. The highest BCUT2D eigenvalue weighted by Gasteiger charge is 2.29. The van der Waals surface area contributed by atoms with Crippen molar-refractivity contribution >= 4 is 36.3 Å². The van der Waals surface area contributed by atoms with Crippen LogP contribution in [0.5, 0.6) is 0 Å². The number of unbranched alkanes of at least 4 members (excludes halogenated alkanes) is 2. The lowest BCUT2D eigenvalue weighted by Gasteiger charge is -2.24. The Bertz CT molecular complexity index is 828. The summed E-state index contributed by atoms with van der Waals surface area (Å²) in [5.41, 5.74) is 17.9. The van der Waals surface area contributed by atoms with Crippen molar-refractivity contribution in [1.82, 2.24) is 16.0 Å². The predicted molar refractivity (Wildman–Crippen MR) is 141 cm³/mol. The molecule has 0 fully saturated rings. The molecule has 0 aliphatic carbocycles. The largest absolute Gasteiger partial charge is 0.480 e. The molecule has 0 spiro atoms. The minimum Gasteiger partial charge on any atom is -0.480 e. The first-order valence-electron chi connectivity index (χ1n) is 12.2. The topological polar surface area (TPSA) is 203 Å². The molecule has 0 aliphatic heterocycles. The number of hydrogen-bond acceptors (Lipinski definition) is 8. The third kappa shape index (κ3) is 11.8. The number of aliphatic carboxylic acids is 1. The molecule has 36 heavy (non-hydrogen) atoms. The Morgan fingerprint density at radius 2 is 1.28 bits per heavy atom. The maximum absolute atomic E-state index is 12.9. The summed E-state index contributed by atoms with van der Waals surface area (Å²) < 4.78 is 0. The number of nitrogens with one attached hydrogen (secondary N) is 3. The second-order valence-corrected chi connectivity index (χ2v) is 8.93. The van der Waals surface area contributed by atoms with Gasteiger partial charge in [0.25, 0.3) is 0 Å². The van der Waals surface area contributed by atoms with Crippen LogP contribution < -0.4 is 33.2 Å². The van der Waals surface area contributed by atoms with Gasteiger partial charge in [-0.1, -0.05) is 30.3 Å². The number of rotatable bonds is 18. The molecule has 0 heterocycles. The van der Waals surface area contributed by atoms with E-state index in [1.807, 2.05) is 30.3 Å². The molecule has 0 aromatic heterocycles. The van der Waals surface area contributed by atoms with Gasteiger partial charge in [-0.05, 0) is 63.6 Å². The zero-order valence-corrected chi connectivity index (χ0v) is 21.4. The number of carbonyl (C=O) groups is 4. The van der Waals surface area contributed by atoms with Crippen LogP contribution in [-0.4, -0.2) is 71.8 Å². The van der Waals surface area contributed by atoms with Crippen LogP contribution in [0.1, 0.15) is 44.1 Å². The first kappa shape index (κ1) is 31.4. The molecule has 11 nitrogen and oxygen atoms in total. The summed E-state index contributed by atoms with van der Waals surface area (Å²) in [4.78, 5) is 50.0. The lowest BCUT2D eigenvalue weighted by molar-refractivity contribution is -0.142. The van der Waals surface area contributed by atoms with Crippen molar-refractivity contribution in [2.24, 2.45) is 17.2 Å². The molecule has 0 saturated carbocycles. The van der Waals surface area contributed by atoms with Crippen LogP contribution in [0.15, 0.2) is 30.3 Å². The van der Waals surface area contributed by atoms with Crippen molar-refractivity contribution in [3.05, 3.63) is 35.9 Å². The number of nitrogens with two attached hydrogens (primary N) is 3. The predicted octanol–water partition coefficient (Wildman–Crippen LogP) is -0.717. The fourth-order valence-corrected chi connectivity index (χ4v) is 3.75. The van der Waals surface area contributed by atoms with Crippen LogP contribution in [0, 0.1) is 0 Å². The average molecular weight is 525 g/mol. The molecule has 3 amide bonds. The second-order valence-electron chi connectivity index (χ2n) is 8.57. The number of hydrogen-bond donors (Lipinski definition) is 8. The molecule has 0 saturated heterocycles. The summed E-state index contributed by atoms with van der Waals surface area (Å²) in [7, 11) is 0. The number of carboxylic acids is 1. The first-order chi connectivity index (χ1) is 17.2. The fraction of sp³-hybridized carbons (Fsp3) is 0.583. The average Bonchev–Trinajstić information content (AvgIpc) is 2.86. The summed E-state index contributed by atoms with van der Waals surface area (Å²) in [5.74, 6) is -2.95. The summed E-state index contributed by atoms with van der Waals surface area (Å²) in [5, 5.41) is 17.2. The van der Waals surface area contributed by atoms with Gasteiger partial charge < -0.3 is 38.3 Å². The number of thiol groups is 1. The van der Waals surface area contributed by atoms with Gasteiger partial charge in [0.1, 0.15) is 18.1 Å². The van der Waals surface area contributed by atoms with E-state index in [0.29, 0.717) is 45.2 Å². The summed E-state index contributed by atoms with van der Waals surface area (Å²) in [6.07, 6.45) is 3.10. The second kappa shape index (κ2) is 17.7. The number of carbonyl (C=O) groups excluding carboxylic acids is 3. The SMILES string of the molecule is NCCCCC(NC(=O)C(CCCCN)NC(=O)C(CS)NC(=O)C(N)Cc1ccccc1)C(=O)O. The van der Waals surface area contributed by atoms with Crippen LogP contribution in [0.25, 0.3) is 0 Å². The van der Waals surface area contributed by atoms with E-state index in [4.69, 9.17) is 17.2 Å². The molecule has 0 aliphatic rings. The van der Waals surface area contributed by atoms with Crippen molar-refractivity contribution < 1.29 is 24.3 Å². The van der Waals surface area contributed by atoms with Gasteiger partial charge in [-0.25, -0.2) is 4.79 Å². The van der Waals surface area contributed by atoms with E-state index in [9.17, 15) is 24.3 Å². The van der Waals surface area contributed by atoms with Crippen LogP contribution in [-0.2, 0) is 25.6 Å². The Morgan fingerprint density at radius 3 is 1.81 bits per heavy atom.